The normalized spacial score (nSPS) is 16.7. The fourth-order valence-corrected chi connectivity index (χ4v) is 4.33. The molecule has 2 aliphatic carbocycles. The van der Waals surface area contributed by atoms with E-state index in [1.165, 1.54) is 31.2 Å². The van der Waals surface area contributed by atoms with Crippen LogP contribution in [0.4, 0.5) is 5.95 Å². The lowest BCUT2D eigenvalue weighted by Gasteiger charge is -2.12. The average molecular weight is 421 g/mol. The number of nitrogens with one attached hydrogen (secondary N) is 1. The molecule has 0 atom stereocenters. The Balaban J connectivity index is 1.41. The molecule has 2 aliphatic rings. The monoisotopic (exact) mass is 420 g/mol. The van der Waals surface area contributed by atoms with Gasteiger partial charge in [0.15, 0.2) is 5.65 Å². The van der Waals surface area contributed by atoms with Gasteiger partial charge in [-0.05, 0) is 78.9 Å². The van der Waals surface area contributed by atoms with Gasteiger partial charge in [0.1, 0.15) is 12.4 Å². The zero-order valence-corrected chi connectivity index (χ0v) is 16.8. The van der Waals surface area contributed by atoms with Gasteiger partial charge in [-0.3, -0.25) is 9.12 Å². The fourth-order valence-electron chi connectivity index (χ4n) is 3.04. The van der Waals surface area contributed by atoms with Gasteiger partial charge in [0, 0.05) is 21.5 Å². The quantitative estimate of drug-likeness (QED) is 0.495. The number of pyridine rings is 1. The standard InChI is InChI=1S/C19H18Cl2N4OS/c20-13-6-14(21)8-15(7-13)26-10-12-5-18-22-23-19(24-27-16-3-4-16)25(18)9-17(12)11-1-2-11/h5-9,11,16H,1-4,10H2,(H,23,24). The highest BCUT2D eigenvalue weighted by Crippen LogP contribution is 2.42. The van der Waals surface area contributed by atoms with E-state index in [0.717, 1.165) is 17.2 Å². The van der Waals surface area contributed by atoms with Crippen LogP contribution in [0.3, 0.4) is 0 Å². The first kappa shape index (κ1) is 17.5. The van der Waals surface area contributed by atoms with E-state index in [2.05, 4.69) is 27.2 Å². The van der Waals surface area contributed by atoms with Gasteiger partial charge < -0.3 is 4.74 Å². The number of hydrogen-bond acceptors (Lipinski definition) is 5. The number of benzene rings is 1. The zero-order chi connectivity index (χ0) is 18.4. The van der Waals surface area contributed by atoms with Crippen molar-refractivity contribution in [2.75, 3.05) is 4.72 Å². The molecule has 8 heteroatoms. The van der Waals surface area contributed by atoms with Crippen molar-refractivity contribution in [2.45, 2.75) is 43.5 Å². The van der Waals surface area contributed by atoms with E-state index in [1.807, 2.05) is 4.40 Å². The molecule has 0 radical (unpaired) electrons. The summed E-state index contributed by atoms with van der Waals surface area (Å²) in [7, 11) is 0. The molecule has 5 rings (SSSR count). The number of hydrogen-bond donors (Lipinski definition) is 1. The minimum Gasteiger partial charge on any atom is -0.489 e. The largest absolute Gasteiger partial charge is 0.489 e. The van der Waals surface area contributed by atoms with Gasteiger partial charge in [-0.15, -0.1) is 10.2 Å². The first-order valence-corrected chi connectivity index (χ1v) is 10.7. The summed E-state index contributed by atoms with van der Waals surface area (Å²) in [5.41, 5.74) is 3.26. The van der Waals surface area contributed by atoms with Crippen LogP contribution in [0.5, 0.6) is 5.75 Å². The van der Waals surface area contributed by atoms with Gasteiger partial charge in [0.25, 0.3) is 0 Å². The number of halogens is 2. The second kappa shape index (κ2) is 7.08. The van der Waals surface area contributed by atoms with Crippen molar-refractivity contribution in [3.8, 4) is 5.75 Å². The second-order valence-corrected chi connectivity index (χ2v) is 9.07. The average Bonchev–Trinajstić information content (AvgIpc) is 3.55. The summed E-state index contributed by atoms with van der Waals surface area (Å²) >= 11 is 13.9. The maximum absolute atomic E-state index is 6.07. The molecule has 2 heterocycles. The third kappa shape index (κ3) is 3.98. The second-order valence-electron chi connectivity index (χ2n) is 7.09. The molecule has 140 valence electrons. The maximum atomic E-state index is 6.07. The summed E-state index contributed by atoms with van der Waals surface area (Å²) in [4.78, 5) is 0. The topological polar surface area (TPSA) is 51.5 Å². The summed E-state index contributed by atoms with van der Waals surface area (Å²) < 4.78 is 11.4. The number of anilines is 1. The molecule has 5 nitrogen and oxygen atoms in total. The van der Waals surface area contributed by atoms with Crippen molar-refractivity contribution < 1.29 is 4.74 Å². The molecule has 0 saturated heterocycles. The van der Waals surface area contributed by atoms with Crippen LogP contribution in [0.15, 0.2) is 30.5 Å². The van der Waals surface area contributed by atoms with E-state index >= 15 is 0 Å². The van der Waals surface area contributed by atoms with Crippen LogP contribution in [0, 0.1) is 0 Å². The Morgan fingerprint density at radius 2 is 1.85 bits per heavy atom. The van der Waals surface area contributed by atoms with Crippen molar-refractivity contribution >= 4 is 46.7 Å². The molecule has 0 bridgehead atoms. The molecule has 0 aliphatic heterocycles. The molecular formula is C19H18Cl2N4OS. The predicted molar refractivity (Wildman–Crippen MR) is 110 cm³/mol. The molecule has 1 N–H and O–H groups in total. The molecule has 1 aromatic carbocycles. The van der Waals surface area contributed by atoms with Crippen molar-refractivity contribution in [1.82, 2.24) is 14.6 Å². The summed E-state index contributed by atoms with van der Waals surface area (Å²) in [6, 6.07) is 7.32. The van der Waals surface area contributed by atoms with Gasteiger partial charge in [-0.25, -0.2) is 0 Å². The molecule has 27 heavy (non-hydrogen) atoms. The first-order valence-electron chi connectivity index (χ1n) is 9.04. The molecule has 3 aromatic rings. The van der Waals surface area contributed by atoms with E-state index in [-0.39, 0.29) is 0 Å². The van der Waals surface area contributed by atoms with Crippen molar-refractivity contribution in [3.63, 3.8) is 0 Å². The van der Waals surface area contributed by atoms with Crippen molar-refractivity contribution in [2.24, 2.45) is 0 Å². The van der Waals surface area contributed by atoms with Gasteiger partial charge in [0.05, 0.1) is 0 Å². The van der Waals surface area contributed by atoms with E-state index in [0.29, 0.717) is 33.6 Å². The van der Waals surface area contributed by atoms with Gasteiger partial charge >= 0.3 is 0 Å². The van der Waals surface area contributed by atoms with E-state index < -0.39 is 0 Å². The lowest BCUT2D eigenvalue weighted by molar-refractivity contribution is 0.305. The first-order chi connectivity index (χ1) is 13.2. The highest BCUT2D eigenvalue weighted by atomic mass is 35.5. The third-order valence-electron chi connectivity index (χ3n) is 4.75. The van der Waals surface area contributed by atoms with Gasteiger partial charge in [-0.2, -0.15) is 0 Å². The van der Waals surface area contributed by atoms with Crippen molar-refractivity contribution in [3.05, 3.63) is 51.6 Å². The predicted octanol–water partition coefficient (Wildman–Crippen LogP) is 5.72. The van der Waals surface area contributed by atoms with E-state index in [9.17, 15) is 0 Å². The van der Waals surface area contributed by atoms with Crippen LogP contribution in [0.25, 0.3) is 5.65 Å². The van der Waals surface area contributed by atoms with Crippen molar-refractivity contribution in [1.29, 1.82) is 0 Å². The number of aromatic nitrogens is 3. The highest BCUT2D eigenvalue weighted by Gasteiger charge is 2.28. The van der Waals surface area contributed by atoms with Crippen LogP contribution in [-0.4, -0.2) is 19.8 Å². The van der Waals surface area contributed by atoms with E-state index in [1.54, 1.807) is 30.1 Å². The van der Waals surface area contributed by atoms with Crippen LogP contribution >= 0.6 is 35.1 Å². The number of nitrogens with zero attached hydrogens (tertiary/aromatic N) is 3. The third-order valence-corrected chi connectivity index (χ3v) is 6.29. The number of ether oxygens (including phenoxy) is 1. The molecule has 0 unspecified atom stereocenters. The molecule has 2 saturated carbocycles. The SMILES string of the molecule is Clc1cc(Cl)cc(OCc2cc3nnc(NSC4CC4)n3cc2C2CC2)c1. The number of rotatable bonds is 7. The molecular weight excluding hydrogens is 403 g/mol. The minimum absolute atomic E-state index is 0.450. The Bertz CT molecular complexity index is 981. The van der Waals surface area contributed by atoms with Gasteiger partial charge in [-0.1, -0.05) is 23.2 Å². The molecule has 0 amide bonds. The maximum Gasteiger partial charge on any atom is 0.239 e. The summed E-state index contributed by atoms with van der Waals surface area (Å²) in [6.45, 7) is 0.450. The molecule has 2 fully saturated rings. The Kier molecular flexibility index (Phi) is 4.58. The lowest BCUT2D eigenvalue weighted by Crippen LogP contribution is -2.03. The Morgan fingerprint density at radius 3 is 2.56 bits per heavy atom. The van der Waals surface area contributed by atoms with Gasteiger partial charge in [0.2, 0.25) is 5.95 Å². The zero-order valence-electron chi connectivity index (χ0n) is 14.5. The van der Waals surface area contributed by atoms with Crippen LogP contribution in [0.1, 0.15) is 42.7 Å². The fraction of sp³-hybridized carbons (Fsp3) is 0.368. The van der Waals surface area contributed by atoms with Crippen LogP contribution in [-0.2, 0) is 6.61 Å². The summed E-state index contributed by atoms with van der Waals surface area (Å²) in [5, 5.41) is 10.5. The Morgan fingerprint density at radius 1 is 1.07 bits per heavy atom. The minimum atomic E-state index is 0.450. The molecule has 0 spiro atoms. The molecule has 2 aromatic heterocycles. The summed E-state index contributed by atoms with van der Waals surface area (Å²) in [6.07, 6.45) is 7.13. The lowest BCUT2D eigenvalue weighted by atomic mass is 10.1. The summed E-state index contributed by atoms with van der Waals surface area (Å²) in [5.74, 6) is 2.04. The van der Waals surface area contributed by atoms with Crippen LogP contribution < -0.4 is 9.46 Å². The number of fused-ring (bicyclic) bond motifs is 1. The van der Waals surface area contributed by atoms with Crippen LogP contribution in [0.2, 0.25) is 10.0 Å². The smallest absolute Gasteiger partial charge is 0.239 e. The Hall–Kier alpha value is -1.63. The Labute approximate surface area is 171 Å². The highest BCUT2D eigenvalue weighted by molar-refractivity contribution is 8.01. The van der Waals surface area contributed by atoms with E-state index in [4.69, 9.17) is 27.9 Å².